The van der Waals surface area contributed by atoms with Gasteiger partial charge in [0.15, 0.2) is 0 Å². The molecule has 0 saturated carbocycles. The summed E-state index contributed by atoms with van der Waals surface area (Å²) in [5.41, 5.74) is 10.9. The van der Waals surface area contributed by atoms with Gasteiger partial charge in [-0.05, 0) is 88.4 Å². The van der Waals surface area contributed by atoms with Gasteiger partial charge in [-0.15, -0.1) is 59.7 Å². The third-order valence-corrected chi connectivity index (χ3v) is 11.8. The first-order valence-electron chi connectivity index (χ1n) is 16.8. The molecule has 4 aromatic carbocycles. The zero-order chi connectivity index (χ0) is 35.1. The maximum absolute atomic E-state index is 14.5. The zero-order valence-electron chi connectivity index (χ0n) is 30.3. The number of hydrogen-bond donors (Lipinski definition) is 0. The fourth-order valence-electron chi connectivity index (χ4n) is 6.46. The van der Waals surface area contributed by atoms with Crippen molar-refractivity contribution in [1.82, 2.24) is 9.97 Å². The Morgan fingerprint density at radius 1 is 0.837 bits per heavy atom. The van der Waals surface area contributed by atoms with E-state index in [2.05, 4.69) is 92.8 Å². The van der Waals surface area contributed by atoms with E-state index >= 15 is 0 Å². The number of aryl methyl sites for hydroxylation is 3. The van der Waals surface area contributed by atoms with Crippen LogP contribution in [0.2, 0.25) is 19.6 Å². The van der Waals surface area contributed by atoms with Crippen LogP contribution >= 0.6 is 11.3 Å². The molecule has 0 atom stereocenters. The second-order valence-electron chi connectivity index (χ2n) is 13.7. The summed E-state index contributed by atoms with van der Waals surface area (Å²) in [7, 11) is -1.50. The van der Waals surface area contributed by atoms with E-state index < -0.39 is 14.0 Å². The van der Waals surface area contributed by atoms with Crippen LogP contribution < -0.4 is 5.19 Å². The molecule has 6 heteroatoms. The van der Waals surface area contributed by atoms with E-state index in [1.165, 1.54) is 33.5 Å². The molecule has 0 aliphatic rings. The number of thiophene rings is 1. The molecule has 3 aromatic heterocycles. The molecule has 0 saturated heterocycles. The van der Waals surface area contributed by atoms with Gasteiger partial charge in [0.05, 0.1) is 8.07 Å². The summed E-state index contributed by atoms with van der Waals surface area (Å²) in [5, 5.41) is 2.88. The number of nitrogens with zero attached hydrogens (tertiary/aromatic N) is 2. The fraction of sp³-hybridized carbons (Fsp3) is 0.209. The summed E-state index contributed by atoms with van der Waals surface area (Å²) in [4.78, 5) is 9.25. The molecule has 1 radical (unpaired) electrons. The molecule has 7 aromatic rings. The van der Waals surface area contributed by atoms with Gasteiger partial charge in [0.25, 0.3) is 0 Å². The van der Waals surface area contributed by atoms with E-state index in [0.717, 1.165) is 48.4 Å². The Labute approximate surface area is 310 Å². The van der Waals surface area contributed by atoms with Gasteiger partial charge in [-0.25, -0.2) is 4.39 Å². The Morgan fingerprint density at radius 2 is 1.59 bits per heavy atom. The number of rotatable bonds is 5. The van der Waals surface area contributed by atoms with Gasteiger partial charge < -0.3 is 9.97 Å². The molecule has 0 bridgehead atoms. The van der Waals surface area contributed by atoms with Crippen LogP contribution in [0.4, 0.5) is 4.39 Å². The maximum atomic E-state index is 14.5. The van der Waals surface area contributed by atoms with Crippen LogP contribution in [0, 0.1) is 38.7 Å². The van der Waals surface area contributed by atoms with Crippen LogP contribution in [-0.2, 0) is 20.1 Å². The molecule has 0 fully saturated rings. The van der Waals surface area contributed by atoms with Crippen LogP contribution in [0.15, 0.2) is 97.3 Å². The summed E-state index contributed by atoms with van der Waals surface area (Å²) in [5.74, 6) is -0.791. The Kier molecular flexibility index (Phi) is 10.7. The molecule has 7 rings (SSSR count). The van der Waals surface area contributed by atoms with Gasteiger partial charge in [0.1, 0.15) is 5.82 Å². The number of aromatic nitrogens is 2. The minimum Gasteiger partial charge on any atom is -0.305 e. The summed E-state index contributed by atoms with van der Waals surface area (Å²) in [6, 6.07) is 34.2. The van der Waals surface area contributed by atoms with Gasteiger partial charge in [0.2, 0.25) is 0 Å². The Morgan fingerprint density at radius 3 is 2.27 bits per heavy atom. The smallest absolute Gasteiger partial charge is 0.130 e. The predicted octanol–water partition coefficient (Wildman–Crippen LogP) is 11.9. The van der Waals surface area contributed by atoms with Crippen LogP contribution in [0.25, 0.3) is 53.8 Å². The summed E-state index contributed by atoms with van der Waals surface area (Å²) in [6.45, 7) is 17.2. The molecular formula is C43H41FIrN2SSi-2. The topological polar surface area (TPSA) is 25.8 Å². The number of hydrogen-bond acceptors (Lipinski definition) is 3. The van der Waals surface area contributed by atoms with E-state index in [-0.39, 0.29) is 25.9 Å². The van der Waals surface area contributed by atoms with E-state index in [1.807, 2.05) is 68.7 Å². The Bertz CT molecular complexity index is 2280. The first kappa shape index (κ1) is 35.0. The molecule has 3 heterocycles. The summed E-state index contributed by atoms with van der Waals surface area (Å²) < 4.78 is 24.9. The van der Waals surface area contributed by atoms with Crippen molar-refractivity contribution in [2.75, 3.05) is 0 Å². The minimum absolute atomic E-state index is 0. The van der Waals surface area contributed by atoms with Crippen LogP contribution in [0.1, 0.15) is 43.4 Å². The van der Waals surface area contributed by atoms with Crippen molar-refractivity contribution in [3.05, 3.63) is 138 Å². The van der Waals surface area contributed by atoms with Gasteiger partial charge in [-0.1, -0.05) is 80.3 Å². The third-order valence-electron chi connectivity index (χ3n) is 8.62. The molecule has 0 amide bonds. The fourth-order valence-corrected chi connectivity index (χ4v) is 9.27. The van der Waals surface area contributed by atoms with Crippen LogP contribution in [0.3, 0.4) is 0 Å². The molecule has 0 aliphatic heterocycles. The number of halogens is 1. The number of benzene rings is 4. The Hall–Kier alpha value is -3.80. The molecule has 251 valence electrons. The summed E-state index contributed by atoms with van der Waals surface area (Å²) >= 11 is 1.60. The van der Waals surface area contributed by atoms with Crippen molar-refractivity contribution < 1.29 is 25.9 Å². The van der Waals surface area contributed by atoms with Crippen molar-refractivity contribution in [3.8, 4) is 33.6 Å². The predicted molar refractivity (Wildman–Crippen MR) is 207 cm³/mol. The third kappa shape index (κ3) is 7.68. The second-order valence-corrected chi connectivity index (χ2v) is 19.7. The standard InChI is InChI=1S/C26H19FNS.C17H22NSi.Ir/c1-15-12-16(2)24(17(3)13-15)18-10-11-28-22(14-18)19-6-4-7-20-25-21(27)8-5-9-23(25)29-26(19)20;1-13(2)15-11-16(14-9-7-6-8-10-14)18-12-17(15)19(3,4)5;/h4-5,7-14H,1-3H3;6-9,11-13H,1-5H3;/q2*-1;/i;13D;. The van der Waals surface area contributed by atoms with Gasteiger partial charge in [-0.2, -0.15) is 11.3 Å². The Balaban J connectivity index is 0.000000204. The number of fused-ring (bicyclic) bond motifs is 3. The minimum atomic E-state index is -1.50. The molecule has 49 heavy (non-hydrogen) atoms. The zero-order valence-corrected chi connectivity index (χ0v) is 33.5. The first-order chi connectivity index (χ1) is 23.2. The van der Waals surface area contributed by atoms with E-state index in [0.29, 0.717) is 5.39 Å². The van der Waals surface area contributed by atoms with Crippen molar-refractivity contribution in [2.24, 2.45) is 0 Å². The van der Waals surface area contributed by atoms with Crippen molar-refractivity contribution in [2.45, 2.75) is 60.2 Å². The average Bonchev–Trinajstić information content (AvgIpc) is 3.44. The molecule has 0 aliphatic carbocycles. The number of pyridine rings is 2. The molecule has 0 unspecified atom stereocenters. The van der Waals surface area contributed by atoms with Crippen LogP contribution in [-0.4, -0.2) is 18.0 Å². The van der Waals surface area contributed by atoms with Gasteiger partial charge in [-0.3, -0.25) is 0 Å². The van der Waals surface area contributed by atoms with Crippen LogP contribution in [0.5, 0.6) is 0 Å². The SMILES string of the molecule is Cc1cc(C)c(-c2ccnc(-c3[c-]ccc4c3sc3cccc(F)c34)c2)c(C)c1.[2H]C(C)(C)c1cc(-c2[c-]cccc2)ncc1[Si](C)(C)C.[Ir]. The van der Waals surface area contributed by atoms with Crippen molar-refractivity contribution in [3.63, 3.8) is 0 Å². The molecule has 0 spiro atoms. The second kappa shape index (κ2) is 15.0. The van der Waals surface area contributed by atoms with Crippen molar-refractivity contribution in [1.29, 1.82) is 0 Å². The monoisotopic (exact) mass is 858 g/mol. The van der Waals surface area contributed by atoms with E-state index in [1.54, 1.807) is 17.4 Å². The quantitative estimate of drug-likeness (QED) is 0.127. The normalized spacial score (nSPS) is 11.9. The van der Waals surface area contributed by atoms with E-state index in [4.69, 9.17) is 1.37 Å². The first-order valence-corrected chi connectivity index (χ1v) is 20.6. The van der Waals surface area contributed by atoms with Gasteiger partial charge in [0, 0.05) is 44.0 Å². The van der Waals surface area contributed by atoms with Gasteiger partial charge >= 0.3 is 0 Å². The molecular weight excluding hydrogens is 816 g/mol. The average molecular weight is 858 g/mol. The maximum Gasteiger partial charge on any atom is 0.130 e. The summed E-state index contributed by atoms with van der Waals surface area (Å²) in [6.07, 6.45) is 3.83. The van der Waals surface area contributed by atoms with Crippen molar-refractivity contribution >= 4 is 44.8 Å². The molecule has 2 nitrogen and oxygen atoms in total. The van der Waals surface area contributed by atoms with E-state index in [9.17, 15) is 4.39 Å². The molecule has 0 N–H and O–H groups in total. The largest absolute Gasteiger partial charge is 0.305 e.